The van der Waals surface area contributed by atoms with Crippen LogP contribution in [0.2, 0.25) is 0 Å². The molecule has 1 atom stereocenters. The van der Waals surface area contributed by atoms with Gasteiger partial charge in [-0.2, -0.15) is 0 Å². The number of hydrogen-bond acceptors (Lipinski definition) is 3. The molecule has 0 radical (unpaired) electrons. The molecule has 0 unspecified atom stereocenters. The summed E-state index contributed by atoms with van der Waals surface area (Å²) in [5.74, 6) is 5.94. The Kier molecular flexibility index (Phi) is 3.15. The molecule has 4 heteroatoms. The standard InChI is InChI=1S/C10H14BrN3/c11-10-5-4-8(7-13-10)9-3-1-2-6-14(9)12/h4-5,7,9H,1-3,6,12H2/t9-/m0/s1. The second kappa shape index (κ2) is 4.38. The van der Waals surface area contributed by atoms with Crippen molar-refractivity contribution in [2.75, 3.05) is 6.54 Å². The molecule has 0 amide bonds. The Balaban J connectivity index is 2.16. The van der Waals surface area contributed by atoms with Crippen LogP contribution in [-0.2, 0) is 0 Å². The molecule has 14 heavy (non-hydrogen) atoms. The van der Waals surface area contributed by atoms with Crippen molar-refractivity contribution in [3.05, 3.63) is 28.5 Å². The molecule has 1 aromatic heterocycles. The van der Waals surface area contributed by atoms with Crippen LogP contribution in [0.15, 0.2) is 22.9 Å². The first-order chi connectivity index (χ1) is 6.77. The summed E-state index contributed by atoms with van der Waals surface area (Å²) >= 11 is 3.33. The lowest BCUT2D eigenvalue weighted by molar-refractivity contribution is 0.151. The summed E-state index contributed by atoms with van der Waals surface area (Å²) in [6, 6.07) is 4.41. The topological polar surface area (TPSA) is 42.1 Å². The van der Waals surface area contributed by atoms with Gasteiger partial charge in [0.1, 0.15) is 4.60 Å². The van der Waals surface area contributed by atoms with E-state index in [9.17, 15) is 0 Å². The largest absolute Gasteiger partial charge is 0.268 e. The lowest BCUT2D eigenvalue weighted by Crippen LogP contribution is -2.38. The number of piperidine rings is 1. The normalized spacial score (nSPS) is 23.7. The first kappa shape index (κ1) is 10.1. The van der Waals surface area contributed by atoms with Crippen LogP contribution in [0.3, 0.4) is 0 Å². The van der Waals surface area contributed by atoms with Crippen molar-refractivity contribution in [3.8, 4) is 0 Å². The number of rotatable bonds is 1. The van der Waals surface area contributed by atoms with Crippen molar-refractivity contribution in [2.45, 2.75) is 25.3 Å². The Morgan fingerprint density at radius 1 is 1.43 bits per heavy atom. The molecule has 0 spiro atoms. The maximum Gasteiger partial charge on any atom is 0.106 e. The Morgan fingerprint density at radius 2 is 2.29 bits per heavy atom. The van der Waals surface area contributed by atoms with Gasteiger partial charge in [-0.3, -0.25) is 5.84 Å². The van der Waals surface area contributed by atoms with Gasteiger partial charge in [-0.1, -0.05) is 12.5 Å². The van der Waals surface area contributed by atoms with E-state index in [4.69, 9.17) is 5.84 Å². The van der Waals surface area contributed by atoms with Gasteiger partial charge in [0.25, 0.3) is 0 Å². The van der Waals surface area contributed by atoms with Gasteiger partial charge in [-0.15, -0.1) is 0 Å². The predicted molar refractivity (Wildman–Crippen MR) is 59.4 cm³/mol. The Hall–Kier alpha value is -0.450. The number of aromatic nitrogens is 1. The zero-order valence-electron chi connectivity index (χ0n) is 7.99. The summed E-state index contributed by atoms with van der Waals surface area (Å²) in [5.41, 5.74) is 1.22. The Labute approximate surface area is 92.4 Å². The van der Waals surface area contributed by atoms with E-state index in [1.165, 1.54) is 18.4 Å². The minimum Gasteiger partial charge on any atom is -0.268 e. The molecule has 2 heterocycles. The van der Waals surface area contributed by atoms with Gasteiger partial charge >= 0.3 is 0 Å². The minimum absolute atomic E-state index is 0.351. The summed E-state index contributed by atoms with van der Waals surface area (Å²) in [4.78, 5) is 4.22. The Morgan fingerprint density at radius 3 is 2.93 bits per heavy atom. The van der Waals surface area contributed by atoms with Crippen LogP contribution in [-0.4, -0.2) is 16.5 Å². The minimum atomic E-state index is 0.351. The van der Waals surface area contributed by atoms with Crippen LogP contribution in [0.25, 0.3) is 0 Å². The molecular weight excluding hydrogens is 242 g/mol. The van der Waals surface area contributed by atoms with Gasteiger partial charge in [0.05, 0.1) is 6.04 Å². The van der Waals surface area contributed by atoms with Crippen molar-refractivity contribution in [2.24, 2.45) is 5.84 Å². The smallest absolute Gasteiger partial charge is 0.106 e. The van der Waals surface area contributed by atoms with Gasteiger partial charge < -0.3 is 0 Å². The molecule has 1 aromatic rings. The van der Waals surface area contributed by atoms with Gasteiger partial charge in [-0.25, -0.2) is 9.99 Å². The van der Waals surface area contributed by atoms with Gasteiger partial charge in [0.2, 0.25) is 0 Å². The van der Waals surface area contributed by atoms with Crippen LogP contribution in [0.4, 0.5) is 0 Å². The van der Waals surface area contributed by atoms with E-state index < -0.39 is 0 Å². The van der Waals surface area contributed by atoms with Crippen LogP contribution >= 0.6 is 15.9 Å². The monoisotopic (exact) mass is 255 g/mol. The summed E-state index contributed by atoms with van der Waals surface area (Å²) in [7, 11) is 0. The molecule has 2 rings (SSSR count). The van der Waals surface area contributed by atoms with E-state index in [1.54, 1.807) is 0 Å². The zero-order valence-corrected chi connectivity index (χ0v) is 9.57. The summed E-state index contributed by atoms with van der Waals surface area (Å²) in [5, 5.41) is 1.93. The maximum absolute atomic E-state index is 5.94. The number of pyridine rings is 1. The van der Waals surface area contributed by atoms with Crippen molar-refractivity contribution in [3.63, 3.8) is 0 Å². The molecule has 1 aliphatic heterocycles. The van der Waals surface area contributed by atoms with Crippen LogP contribution in [0, 0.1) is 0 Å². The third-order valence-electron chi connectivity index (χ3n) is 2.68. The number of hydrazine groups is 1. The van der Waals surface area contributed by atoms with Crippen LogP contribution in [0.5, 0.6) is 0 Å². The van der Waals surface area contributed by atoms with Crippen molar-refractivity contribution in [1.29, 1.82) is 0 Å². The second-order valence-electron chi connectivity index (χ2n) is 3.66. The van der Waals surface area contributed by atoms with Gasteiger partial charge in [-0.05, 0) is 40.4 Å². The van der Waals surface area contributed by atoms with E-state index >= 15 is 0 Å². The van der Waals surface area contributed by atoms with E-state index in [0.717, 1.165) is 17.6 Å². The average Bonchev–Trinajstić information content (AvgIpc) is 2.20. The van der Waals surface area contributed by atoms with E-state index in [2.05, 4.69) is 27.0 Å². The number of hydrogen-bond donors (Lipinski definition) is 1. The third kappa shape index (κ3) is 2.13. The van der Waals surface area contributed by atoms with Crippen LogP contribution < -0.4 is 5.84 Å². The van der Waals surface area contributed by atoms with Crippen molar-refractivity contribution < 1.29 is 0 Å². The van der Waals surface area contributed by atoms with Crippen molar-refractivity contribution >= 4 is 15.9 Å². The number of nitrogens with two attached hydrogens (primary N) is 1. The first-order valence-corrected chi connectivity index (χ1v) is 5.69. The summed E-state index contributed by atoms with van der Waals surface area (Å²) in [6.07, 6.45) is 5.51. The van der Waals surface area contributed by atoms with E-state index in [1.807, 2.05) is 17.3 Å². The second-order valence-corrected chi connectivity index (χ2v) is 4.48. The summed E-state index contributed by atoms with van der Waals surface area (Å²) in [6.45, 7) is 0.987. The molecule has 1 saturated heterocycles. The van der Waals surface area contributed by atoms with Crippen molar-refractivity contribution in [1.82, 2.24) is 9.99 Å². The molecule has 0 aromatic carbocycles. The molecule has 0 aliphatic carbocycles. The quantitative estimate of drug-likeness (QED) is 0.619. The first-order valence-electron chi connectivity index (χ1n) is 4.90. The van der Waals surface area contributed by atoms with Gasteiger partial charge in [0, 0.05) is 12.7 Å². The SMILES string of the molecule is NN1CCCC[C@H]1c1ccc(Br)nc1. The van der Waals surface area contributed by atoms with Crippen LogP contribution in [0.1, 0.15) is 30.9 Å². The van der Waals surface area contributed by atoms with E-state index in [0.29, 0.717) is 6.04 Å². The highest BCUT2D eigenvalue weighted by molar-refractivity contribution is 9.10. The predicted octanol–water partition coefficient (Wildman–Crippen LogP) is 2.24. The molecule has 2 N–H and O–H groups in total. The third-order valence-corrected chi connectivity index (χ3v) is 3.15. The molecule has 76 valence electrons. The van der Waals surface area contributed by atoms with E-state index in [-0.39, 0.29) is 0 Å². The molecule has 0 saturated carbocycles. The molecular formula is C10H14BrN3. The molecule has 3 nitrogen and oxygen atoms in total. The zero-order chi connectivity index (χ0) is 9.97. The Bertz CT molecular complexity index is 299. The molecule has 1 aliphatic rings. The maximum atomic E-state index is 5.94. The fraction of sp³-hybridized carbons (Fsp3) is 0.500. The molecule has 1 fully saturated rings. The average molecular weight is 256 g/mol. The fourth-order valence-corrected chi connectivity index (χ4v) is 2.13. The number of halogens is 1. The molecule has 0 bridgehead atoms. The highest BCUT2D eigenvalue weighted by Gasteiger charge is 2.21. The lowest BCUT2D eigenvalue weighted by atomic mass is 9.98. The van der Waals surface area contributed by atoms with Gasteiger partial charge in [0.15, 0.2) is 0 Å². The fourth-order valence-electron chi connectivity index (χ4n) is 1.90. The highest BCUT2D eigenvalue weighted by atomic mass is 79.9. The summed E-state index contributed by atoms with van der Waals surface area (Å²) < 4.78 is 0.876. The lowest BCUT2D eigenvalue weighted by Gasteiger charge is -2.31. The number of nitrogens with zero attached hydrogens (tertiary/aromatic N) is 2. The highest BCUT2D eigenvalue weighted by Crippen LogP contribution is 2.28.